The normalized spacial score (nSPS) is 17.2. The molecule has 4 N–H and O–H groups in total. The smallest absolute Gasteiger partial charge is 0.253 e. The van der Waals surface area contributed by atoms with Gasteiger partial charge in [-0.05, 0) is 37.0 Å². The maximum atomic E-state index is 12.4. The van der Waals surface area contributed by atoms with E-state index >= 15 is 0 Å². The van der Waals surface area contributed by atoms with Crippen molar-refractivity contribution in [2.75, 3.05) is 0 Å². The zero-order valence-electron chi connectivity index (χ0n) is 11.6. The van der Waals surface area contributed by atoms with Crippen molar-refractivity contribution in [2.24, 2.45) is 11.7 Å². The number of carbonyl (C=O) groups is 1. The molecule has 1 atom stereocenters. The number of thiocarbonyl (C=S) groups is 1. The summed E-state index contributed by atoms with van der Waals surface area (Å²) in [6.07, 6.45) is 5.50. The van der Waals surface area contributed by atoms with Crippen LogP contribution in [0.1, 0.15) is 42.5 Å². The first-order chi connectivity index (χ1) is 9.99. The lowest BCUT2D eigenvalue weighted by molar-refractivity contribution is 0.0931. The Bertz CT molecular complexity index is 544. The molecule has 1 amide bonds. The van der Waals surface area contributed by atoms with Gasteiger partial charge in [0.2, 0.25) is 0 Å². The van der Waals surface area contributed by atoms with Gasteiger partial charge in [-0.25, -0.2) is 0 Å². The van der Waals surface area contributed by atoms with Crippen LogP contribution >= 0.6 is 23.8 Å². The van der Waals surface area contributed by atoms with Crippen molar-refractivity contribution in [1.29, 1.82) is 0 Å². The van der Waals surface area contributed by atoms with Crippen LogP contribution in [0.4, 0.5) is 0 Å². The molecule has 6 heteroatoms. The van der Waals surface area contributed by atoms with E-state index in [9.17, 15) is 9.90 Å². The minimum Gasteiger partial charge on any atom is -0.508 e. The number of phenols is 1. The molecule has 0 aromatic heterocycles. The van der Waals surface area contributed by atoms with Crippen molar-refractivity contribution in [3.63, 3.8) is 0 Å². The third kappa shape index (κ3) is 4.08. The summed E-state index contributed by atoms with van der Waals surface area (Å²) < 4.78 is 0. The zero-order valence-corrected chi connectivity index (χ0v) is 13.2. The average Bonchev–Trinajstić information content (AvgIpc) is 2.47. The molecule has 0 aliphatic heterocycles. The summed E-state index contributed by atoms with van der Waals surface area (Å²) in [6.45, 7) is 0. The number of hydrogen-bond donors (Lipinski definition) is 3. The number of aromatic hydroxyl groups is 1. The van der Waals surface area contributed by atoms with Crippen LogP contribution in [0.3, 0.4) is 0 Å². The molecule has 4 nitrogen and oxygen atoms in total. The molecule has 21 heavy (non-hydrogen) atoms. The number of benzene rings is 1. The monoisotopic (exact) mass is 326 g/mol. The molecule has 0 heterocycles. The molecule has 0 saturated heterocycles. The van der Waals surface area contributed by atoms with E-state index in [1.807, 2.05) is 0 Å². The van der Waals surface area contributed by atoms with Crippen molar-refractivity contribution in [1.82, 2.24) is 5.32 Å². The highest BCUT2D eigenvalue weighted by Crippen LogP contribution is 2.27. The quantitative estimate of drug-likeness (QED) is 0.743. The highest BCUT2D eigenvalue weighted by atomic mass is 35.5. The molecule has 2 rings (SSSR count). The molecule has 0 radical (unpaired) electrons. The van der Waals surface area contributed by atoms with Crippen molar-refractivity contribution in [2.45, 2.75) is 38.1 Å². The van der Waals surface area contributed by atoms with Gasteiger partial charge in [-0.2, -0.15) is 0 Å². The van der Waals surface area contributed by atoms with Gasteiger partial charge in [0.1, 0.15) is 5.75 Å². The van der Waals surface area contributed by atoms with Crippen LogP contribution in [0.15, 0.2) is 18.2 Å². The summed E-state index contributed by atoms with van der Waals surface area (Å²) >= 11 is 11.1. The van der Waals surface area contributed by atoms with Gasteiger partial charge in [-0.1, -0.05) is 43.1 Å². The van der Waals surface area contributed by atoms with Gasteiger partial charge in [-0.15, -0.1) is 0 Å². The van der Waals surface area contributed by atoms with E-state index in [4.69, 9.17) is 29.6 Å². The van der Waals surface area contributed by atoms with Gasteiger partial charge in [-0.3, -0.25) is 4.79 Å². The maximum absolute atomic E-state index is 12.4. The number of nitrogens with two attached hydrogens (primary N) is 1. The second-order valence-corrected chi connectivity index (χ2v) is 6.29. The third-order valence-corrected chi connectivity index (χ3v) is 4.49. The minimum absolute atomic E-state index is 0.00547. The summed E-state index contributed by atoms with van der Waals surface area (Å²) in [5.74, 6) is -0.0929. The largest absolute Gasteiger partial charge is 0.508 e. The number of rotatable bonds is 4. The summed E-state index contributed by atoms with van der Waals surface area (Å²) in [5, 5.41) is 12.6. The summed E-state index contributed by atoms with van der Waals surface area (Å²) in [4.78, 5) is 12.7. The van der Waals surface area contributed by atoms with Gasteiger partial charge in [0.05, 0.1) is 21.6 Å². The Balaban J connectivity index is 2.14. The second kappa shape index (κ2) is 7.09. The SMILES string of the molecule is NC(=S)C(NC(=O)c1cc(O)ccc1Cl)C1CCCCC1. The minimum atomic E-state index is -0.362. The molecule has 1 fully saturated rings. The Kier molecular flexibility index (Phi) is 5.42. The number of carbonyl (C=O) groups excluding carboxylic acids is 1. The first-order valence-corrected chi connectivity index (χ1v) is 7.86. The Morgan fingerprint density at radius 3 is 2.67 bits per heavy atom. The highest BCUT2D eigenvalue weighted by Gasteiger charge is 2.28. The standard InChI is InChI=1S/C15H19ClN2O2S/c16-12-7-6-10(19)8-11(12)15(20)18-13(14(17)21)9-4-2-1-3-5-9/h6-9,13,19H,1-5H2,(H2,17,21)(H,18,20). The summed E-state index contributed by atoms with van der Waals surface area (Å²) in [6, 6.07) is 3.94. The van der Waals surface area contributed by atoms with E-state index in [-0.39, 0.29) is 34.2 Å². The van der Waals surface area contributed by atoms with Crippen LogP contribution in [-0.4, -0.2) is 22.0 Å². The highest BCUT2D eigenvalue weighted by molar-refractivity contribution is 7.80. The van der Waals surface area contributed by atoms with Crippen LogP contribution in [0, 0.1) is 5.92 Å². The Morgan fingerprint density at radius 2 is 2.05 bits per heavy atom. The number of phenolic OH excluding ortho intramolecular Hbond substituents is 1. The van der Waals surface area contributed by atoms with E-state index in [1.54, 1.807) is 0 Å². The number of hydrogen-bond acceptors (Lipinski definition) is 3. The van der Waals surface area contributed by atoms with Gasteiger partial charge >= 0.3 is 0 Å². The topological polar surface area (TPSA) is 75.3 Å². The van der Waals surface area contributed by atoms with E-state index in [0.29, 0.717) is 4.99 Å². The van der Waals surface area contributed by atoms with Crippen molar-refractivity contribution >= 4 is 34.7 Å². The van der Waals surface area contributed by atoms with Crippen molar-refractivity contribution in [3.05, 3.63) is 28.8 Å². The van der Waals surface area contributed by atoms with Gasteiger partial charge in [0.15, 0.2) is 0 Å². The van der Waals surface area contributed by atoms with E-state index in [0.717, 1.165) is 25.7 Å². The van der Waals surface area contributed by atoms with Crippen LogP contribution in [-0.2, 0) is 0 Å². The first-order valence-electron chi connectivity index (χ1n) is 7.07. The third-order valence-electron chi connectivity index (χ3n) is 3.91. The van der Waals surface area contributed by atoms with Gasteiger partial charge in [0, 0.05) is 0 Å². The Labute approximate surface area is 134 Å². The molecule has 0 bridgehead atoms. The predicted octanol–water partition coefficient (Wildman–Crippen LogP) is 3.01. The molecule has 1 aromatic carbocycles. The zero-order chi connectivity index (χ0) is 15.4. The molecule has 0 spiro atoms. The van der Waals surface area contributed by atoms with Crippen LogP contribution < -0.4 is 11.1 Å². The molecule has 114 valence electrons. The Hall–Kier alpha value is -1.33. The molecule has 1 aliphatic rings. The van der Waals surface area contributed by atoms with Crippen LogP contribution in [0.5, 0.6) is 5.75 Å². The van der Waals surface area contributed by atoms with E-state index in [1.165, 1.54) is 24.6 Å². The molecule has 1 aromatic rings. The number of amides is 1. The Morgan fingerprint density at radius 1 is 1.38 bits per heavy atom. The average molecular weight is 327 g/mol. The molecular formula is C15H19ClN2O2S. The van der Waals surface area contributed by atoms with Gasteiger partial charge in [0.25, 0.3) is 5.91 Å². The number of halogens is 1. The van der Waals surface area contributed by atoms with E-state index in [2.05, 4.69) is 5.32 Å². The van der Waals surface area contributed by atoms with Crippen molar-refractivity contribution in [3.8, 4) is 5.75 Å². The van der Waals surface area contributed by atoms with Crippen LogP contribution in [0.2, 0.25) is 5.02 Å². The fraction of sp³-hybridized carbons (Fsp3) is 0.467. The lowest BCUT2D eigenvalue weighted by Crippen LogP contribution is -2.48. The van der Waals surface area contributed by atoms with Crippen LogP contribution in [0.25, 0.3) is 0 Å². The number of nitrogens with one attached hydrogen (secondary N) is 1. The first kappa shape index (κ1) is 16.0. The second-order valence-electron chi connectivity index (χ2n) is 5.42. The predicted molar refractivity (Wildman–Crippen MR) is 87.7 cm³/mol. The van der Waals surface area contributed by atoms with Crippen molar-refractivity contribution < 1.29 is 9.90 Å². The van der Waals surface area contributed by atoms with Gasteiger partial charge < -0.3 is 16.2 Å². The van der Waals surface area contributed by atoms with E-state index < -0.39 is 0 Å². The molecule has 1 aliphatic carbocycles. The lowest BCUT2D eigenvalue weighted by Gasteiger charge is -2.30. The molecular weight excluding hydrogens is 308 g/mol. The summed E-state index contributed by atoms with van der Waals surface area (Å²) in [7, 11) is 0. The molecule has 1 saturated carbocycles. The molecule has 1 unspecified atom stereocenters. The summed E-state index contributed by atoms with van der Waals surface area (Å²) in [5.41, 5.74) is 6.03. The fourth-order valence-electron chi connectivity index (χ4n) is 2.80. The fourth-order valence-corrected chi connectivity index (χ4v) is 3.25. The lowest BCUT2D eigenvalue weighted by atomic mass is 9.83. The maximum Gasteiger partial charge on any atom is 0.253 e.